The van der Waals surface area contributed by atoms with Gasteiger partial charge in [-0.15, -0.1) is 0 Å². The summed E-state index contributed by atoms with van der Waals surface area (Å²) in [6.45, 7) is 4.40. The van der Waals surface area contributed by atoms with Crippen LogP contribution in [-0.4, -0.2) is 11.1 Å². The first-order valence-corrected chi connectivity index (χ1v) is 11.9. The lowest BCUT2D eigenvalue weighted by atomic mass is 10.1. The van der Waals surface area contributed by atoms with Crippen LogP contribution in [0.4, 0.5) is 5.69 Å². The van der Waals surface area contributed by atoms with Crippen molar-refractivity contribution in [2.75, 3.05) is 0 Å². The Hall–Kier alpha value is -2.54. The molecule has 3 aromatic rings. The summed E-state index contributed by atoms with van der Waals surface area (Å²) in [6, 6.07) is 19.5. The van der Waals surface area contributed by atoms with Gasteiger partial charge in [-0.3, -0.25) is 4.79 Å². The molecule has 3 aromatic carbocycles. The van der Waals surface area contributed by atoms with Gasteiger partial charge in [-0.1, -0.05) is 63.4 Å². The molecule has 1 fully saturated rings. The normalized spacial score (nSPS) is 15.9. The number of carbonyl (C=O) groups excluding carboxylic acids is 1. The van der Waals surface area contributed by atoms with E-state index in [2.05, 4.69) is 45.3 Å². The zero-order valence-electron chi connectivity index (χ0n) is 17.5. The van der Waals surface area contributed by atoms with Gasteiger partial charge in [-0.2, -0.15) is 0 Å². The van der Waals surface area contributed by atoms with Crippen LogP contribution >= 0.6 is 39.3 Å². The van der Waals surface area contributed by atoms with Gasteiger partial charge in [0.15, 0.2) is 5.17 Å². The minimum atomic E-state index is -0.196. The molecule has 4 rings (SSSR count). The molecule has 0 bridgehead atoms. The van der Waals surface area contributed by atoms with Crippen molar-refractivity contribution >= 4 is 62.1 Å². The molecule has 4 nitrogen and oxygen atoms in total. The third-order valence-electron chi connectivity index (χ3n) is 4.89. The molecule has 162 valence electrons. The van der Waals surface area contributed by atoms with Gasteiger partial charge in [0, 0.05) is 15.1 Å². The quantitative estimate of drug-likeness (QED) is 0.357. The number of aliphatic imine (C=N–C) groups is 1. The van der Waals surface area contributed by atoms with E-state index in [-0.39, 0.29) is 5.91 Å². The summed E-state index contributed by atoms with van der Waals surface area (Å²) in [7, 11) is 0. The van der Waals surface area contributed by atoms with Crippen LogP contribution in [0.2, 0.25) is 5.02 Å². The minimum absolute atomic E-state index is 0.196. The third kappa shape index (κ3) is 5.44. The number of nitrogens with zero attached hydrogens (tertiary/aromatic N) is 1. The first-order chi connectivity index (χ1) is 15.4. The molecule has 1 aliphatic rings. The molecule has 1 N–H and O–H groups in total. The highest BCUT2D eigenvalue weighted by Gasteiger charge is 2.24. The highest BCUT2D eigenvalue weighted by atomic mass is 79.9. The molecule has 0 aliphatic carbocycles. The van der Waals surface area contributed by atoms with E-state index in [4.69, 9.17) is 16.3 Å². The number of thioether (sulfide) groups is 1. The number of carbonyl (C=O) groups is 1. The summed E-state index contributed by atoms with van der Waals surface area (Å²) in [6.07, 6.45) is 1.82. The predicted molar refractivity (Wildman–Crippen MR) is 137 cm³/mol. The monoisotopic (exact) mass is 526 g/mol. The van der Waals surface area contributed by atoms with Gasteiger partial charge < -0.3 is 10.1 Å². The highest BCUT2D eigenvalue weighted by Crippen LogP contribution is 2.33. The largest absolute Gasteiger partial charge is 0.488 e. The number of aryl methyl sites for hydroxylation is 1. The van der Waals surface area contributed by atoms with Gasteiger partial charge >= 0.3 is 0 Å². The van der Waals surface area contributed by atoms with Crippen molar-refractivity contribution in [2.45, 2.75) is 20.5 Å². The van der Waals surface area contributed by atoms with Crippen LogP contribution in [0.5, 0.6) is 5.75 Å². The Kier molecular flexibility index (Phi) is 7.04. The van der Waals surface area contributed by atoms with Crippen molar-refractivity contribution in [1.82, 2.24) is 5.32 Å². The number of amidine groups is 1. The first kappa shape index (κ1) is 22.6. The summed E-state index contributed by atoms with van der Waals surface area (Å²) in [4.78, 5) is 17.7. The lowest BCUT2D eigenvalue weighted by molar-refractivity contribution is -0.115. The minimum Gasteiger partial charge on any atom is -0.488 e. The van der Waals surface area contributed by atoms with Crippen molar-refractivity contribution < 1.29 is 9.53 Å². The second-order valence-electron chi connectivity index (χ2n) is 7.32. The molecule has 1 amide bonds. The molecule has 1 saturated heterocycles. The fourth-order valence-electron chi connectivity index (χ4n) is 3.06. The van der Waals surface area contributed by atoms with E-state index in [0.717, 1.165) is 26.9 Å². The Morgan fingerprint density at radius 3 is 2.69 bits per heavy atom. The molecule has 0 atom stereocenters. The summed E-state index contributed by atoms with van der Waals surface area (Å²) in [5.74, 6) is 0.503. The number of amides is 1. The van der Waals surface area contributed by atoms with Crippen molar-refractivity contribution in [3.8, 4) is 5.75 Å². The highest BCUT2D eigenvalue weighted by molar-refractivity contribution is 9.10. The van der Waals surface area contributed by atoms with Gasteiger partial charge in [-0.25, -0.2) is 4.99 Å². The van der Waals surface area contributed by atoms with Crippen LogP contribution < -0.4 is 10.1 Å². The van der Waals surface area contributed by atoms with Gasteiger partial charge in [-0.05, 0) is 73.1 Å². The van der Waals surface area contributed by atoms with Crippen LogP contribution in [0.25, 0.3) is 6.08 Å². The standard InChI is InChI=1S/C25H20BrClN2O2S/c1-15-6-8-17(9-7-15)14-31-22-11-10-19(26)12-18(22)13-23-24(30)29-25(32-23)28-21-5-3-4-20(27)16(21)2/h3-13H,14H2,1-2H3,(H,28,29,30)/b23-13+. The van der Waals surface area contributed by atoms with Gasteiger partial charge in [0.25, 0.3) is 5.91 Å². The Balaban J connectivity index is 1.57. The number of benzene rings is 3. The molecule has 1 aliphatic heterocycles. The molecule has 0 spiro atoms. The van der Waals surface area contributed by atoms with Crippen molar-refractivity contribution in [2.24, 2.45) is 4.99 Å². The second-order valence-corrected chi connectivity index (χ2v) is 9.68. The fraction of sp³-hybridized carbons (Fsp3) is 0.120. The van der Waals surface area contributed by atoms with E-state index in [1.54, 1.807) is 0 Å². The van der Waals surface area contributed by atoms with E-state index >= 15 is 0 Å². The van der Waals surface area contributed by atoms with E-state index in [9.17, 15) is 4.79 Å². The molecule has 0 radical (unpaired) electrons. The lowest BCUT2D eigenvalue weighted by Gasteiger charge is -2.10. The summed E-state index contributed by atoms with van der Waals surface area (Å²) in [5, 5.41) is 3.98. The maximum Gasteiger partial charge on any atom is 0.264 e. The number of hydrogen-bond donors (Lipinski definition) is 1. The van der Waals surface area contributed by atoms with E-state index in [0.29, 0.717) is 27.5 Å². The number of nitrogens with one attached hydrogen (secondary N) is 1. The zero-order chi connectivity index (χ0) is 22.7. The fourth-order valence-corrected chi connectivity index (χ4v) is 4.43. The Morgan fingerprint density at radius 2 is 1.91 bits per heavy atom. The van der Waals surface area contributed by atoms with Crippen LogP contribution in [0.1, 0.15) is 22.3 Å². The number of hydrogen-bond acceptors (Lipinski definition) is 4. The molecular formula is C25H20BrClN2O2S. The lowest BCUT2D eigenvalue weighted by Crippen LogP contribution is -2.19. The Bertz CT molecular complexity index is 1240. The molecule has 0 unspecified atom stereocenters. The summed E-state index contributed by atoms with van der Waals surface area (Å²) < 4.78 is 6.97. The molecular weight excluding hydrogens is 508 g/mol. The number of ether oxygens (including phenoxy) is 1. The van der Waals surface area contributed by atoms with Crippen LogP contribution in [0.3, 0.4) is 0 Å². The molecule has 1 heterocycles. The van der Waals surface area contributed by atoms with E-state index in [1.807, 2.05) is 61.5 Å². The SMILES string of the molecule is Cc1ccc(COc2ccc(Br)cc2/C=C2/SC(=Nc3cccc(Cl)c3C)NC2=O)cc1. The molecule has 0 aromatic heterocycles. The smallest absolute Gasteiger partial charge is 0.264 e. The Labute approximate surface area is 204 Å². The van der Waals surface area contributed by atoms with Gasteiger partial charge in [0.1, 0.15) is 12.4 Å². The zero-order valence-corrected chi connectivity index (χ0v) is 20.6. The van der Waals surface area contributed by atoms with Crippen LogP contribution in [0, 0.1) is 13.8 Å². The average molecular weight is 528 g/mol. The summed E-state index contributed by atoms with van der Waals surface area (Å²) >= 11 is 11.0. The van der Waals surface area contributed by atoms with Crippen LogP contribution in [0.15, 0.2) is 75.0 Å². The maximum absolute atomic E-state index is 12.6. The molecule has 7 heteroatoms. The van der Waals surface area contributed by atoms with Crippen molar-refractivity contribution in [1.29, 1.82) is 0 Å². The number of rotatable bonds is 5. The molecule has 0 saturated carbocycles. The first-order valence-electron chi connectivity index (χ1n) is 9.91. The average Bonchev–Trinajstić information content (AvgIpc) is 3.11. The van der Waals surface area contributed by atoms with E-state index in [1.165, 1.54) is 17.3 Å². The van der Waals surface area contributed by atoms with Gasteiger partial charge in [0.2, 0.25) is 0 Å². The number of halogens is 2. The summed E-state index contributed by atoms with van der Waals surface area (Å²) in [5.41, 5.74) is 4.69. The Morgan fingerprint density at radius 1 is 1.12 bits per heavy atom. The van der Waals surface area contributed by atoms with Crippen molar-refractivity contribution in [3.05, 3.63) is 97.3 Å². The third-order valence-corrected chi connectivity index (χ3v) is 6.70. The topological polar surface area (TPSA) is 50.7 Å². The van der Waals surface area contributed by atoms with Crippen LogP contribution in [-0.2, 0) is 11.4 Å². The van der Waals surface area contributed by atoms with E-state index < -0.39 is 0 Å². The molecule has 32 heavy (non-hydrogen) atoms. The maximum atomic E-state index is 12.6. The predicted octanol–water partition coefficient (Wildman–Crippen LogP) is 7.19. The second kappa shape index (κ2) is 9.94. The van der Waals surface area contributed by atoms with Gasteiger partial charge in [0.05, 0.1) is 10.6 Å². The van der Waals surface area contributed by atoms with Crippen molar-refractivity contribution in [3.63, 3.8) is 0 Å².